The third-order valence-corrected chi connectivity index (χ3v) is 5.75. The number of aromatic amines is 1. The van der Waals surface area contributed by atoms with Crippen LogP contribution in [0.4, 0.5) is 5.69 Å². The maximum absolute atomic E-state index is 13.1. The lowest BCUT2D eigenvalue weighted by atomic mass is 9.93. The quantitative estimate of drug-likeness (QED) is 0.457. The molecular formula is C24H27ClN4O3. The van der Waals surface area contributed by atoms with Gasteiger partial charge in [0.15, 0.2) is 0 Å². The third kappa shape index (κ3) is 5.53. The van der Waals surface area contributed by atoms with Crippen LogP contribution in [0.5, 0.6) is 0 Å². The van der Waals surface area contributed by atoms with Gasteiger partial charge in [-0.05, 0) is 37.1 Å². The third-order valence-electron chi connectivity index (χ3n) is 5.40. The predicted octanol–water partition coefficient (Wildman–Crippen LogP) is 4.83. The summed E-state index contributed by atoms with van der Waals surface area (Å²) in [5, 5.41) is 10.2. The molecule has 2 heterocycles. The van der Waals surface area contributed by atoms with E-state index in [1.165, 1.54) is 24.2 Å². The second kappa shape index (κ2) is 10.9. The van der Waals surface area contributed by atoms with E-state index < -0.39 is 12.0 Å². The summed E-state index contributed by atoms with van der Waals surface area (Å²) in [6.07, 6.45) is 7.62. The van der Waals surface area contributed by atoms with Crippen LogP contribution in [0.2, 0.25) is 5.02 Å². The van der Waals surface area contributed by atoms with Gasteiger partial charge in [-0.1, -0.05) is 49.6 Å². The van der Waals surface area contributed by atoms with Gasteiger partial charge in [0, 0.05) is 40.9 Å². The number of hydrogen-bond donors (Lipinski definition) is 2. The number of amides is 1. The molecular weight excluding hydrogens is 428 g/mol. The molecule has 3 rings (SSSR count). The van der Waals surface area contributed by atoms with E-state index in [2.05, 4.69) is 21.9 Å². The maximum Gasteiger partial charge on any atom is 0.326 e. The molecule has 0 aliphatic heterocycles. The SMILES string of the molecule is CCCCC(c1ncc(CC(=O)N(c2ccncc2)[C@@H](C)C(=O)O)[nH]1)c1ccccc1Cl. The van der Waals surface area contributed by atoms with Crippen LogP contribution in [-0.4, -0.2) is 38.0 Å². The number of carbonyl (C=O) groups is 2. The molecule has 32 heavy (non-hydrogen) atoms. The van der Waals surface area contributed by atoms with Gasteiger partial charge in [0.1, 0.15) is 11.9 Å². The zero-order chi connectivity index (χ0) is 23.1. The first-order valence-corrected chi connectivity index (χ1v) is 11.0. The van der Waals surface area contributed by atoms with Gasteiger partial charge < -0.3 is 10.1 Å². The average Bonchev–Trinajstić information content (AvgIpc) is 3.24. The first-order valence-electron chi connectivity index (χ1n) is 10.7. The number of carbonyl (C=O) groups excluding carboxylic acids is 1. The lowest BCUT2D eigenvalue weighted by Crippen LogP contribution is -2.44. The highest BCUT2D eigenvalue weighted by molar-refractivity contribution is 6.31. The molecule has 1 unspecified atom stereocenters. The molecule has 8 heteroatoms. The fourth-order valence-electron chi connectivity index (χ4n) is 3.70. The number of carboxylic acids is 1. The molecule has 0 aliphatic rings. The van der Waals surface area contributed by atoms with Crippen molar-refractivity contribution in [3.63, 3.8) is 0 Å². The monoisotopic (exact) mass is 454 g/mol. The van der Waals surface area contributed by atoms with Gasteiger partial charge in [-0.2, -0.15) is 0 Å². The molecule has 2 aromatic heterocycles. The molecule has 1 amide bonds. The second-order valence-electron chi connectivity index (χ2n) is 7.67. The average molecular weight is 455 g/mol. The van der Waals surface area contributed by atoms with Gasteiger partial charge in [0.05, 0.1) is 6.42 Å². The number of benzene rings is 1. The molecule has 168 valence electrons. The van der Waals surface area contributed by atoms with Crippen LogP contribution in [0.1, 0.15) is 56.1 Å². The fraction of sp³-hybridized carbons (Fsp3) is 0.333. The van der Waals surface area contributed by atoms with E-state index >= 15 is 0 Å². The summed E-state index contributed by atoms with van der Waals surface area (Å²) < 4.78 is 0. The normalized spacial score (nSPS) is 12.8. The van der Waals surface area contributed by atoms with Crippen LogP contribution in [0.25, 0.3) is 0 Å². The Morgan fingerprint density at radius 1 is 1.19 bits per heavy atom. The summed E-state index contributed by atoms with van der Waals surface area (Å²) >= 11 is 6.45. The molecule has 2 N–H and O–H groups in total. The highest BCUT2D eigenvalue weighted by Crippen LogP contribution is 2.32. The van der Waals surface area contributed by atoms with Gasteiger partial charge >= 0.3 is 5.97 Å². The maximum atomic E-state index is 13.1. The van der Waals surface area contributed by atoms with Crippen molar-refractivity contribution in [1.29, 1.82) is 0 Å². The Hall–Kier alpha value is -3.19. The van der Waals surface area contributed by atoms with E-state index in [0.29, 0.717) is 16.4 Å². The van der Waals surface area contributed by atoms with Crippen molar-refractivity contribution in [3.8, 4) is 0 Å². The number of anilines is 1. The number of rotatable bonds is 10. The highest BCUT2D eigenvalue weighted by Gasteiger charge is 2.28. The Morgan fingerprint density at radius 3 is 2.56 bits per heavy atom. The molecule has 3 aromatic rings. The van der Waals surface area contributed by atoms with Crippen LogP contribution in [0, 0.1) is 0 Å². The summed E-state index contributed by atoms with van der Waals surface area (Å²) in [5.41, 5.74) is 2.10. The Balaban J connectivity index is 1.85. The Labute approximate surface area is 192 Å². The molecule has 0 saturated heterocycles. The minimum Gasteiger partial charge on any atom is -0.480 e. The van der Waals surface area contributed by atoms with Gasteiger partial charge in [0.2, 0.25) is 5.91 Å². The standard InChI is InChI=1S/C24H27ClN4O3/c1-3-4-7-20(19-8-5-6-9-21(19)25)23-27-15-17(28-23)14-22(30)29(16(2)24(31)32)18-10-12-26-13-11-18/h5-6,8-13,15-16,20H,3-4,7,14H2,1-2H3,(H,27,28)(H,31,32)/t16-,20?/m0/s1. The van der Waals surface area contributed by atoms with Gasteiger partial charge in [0.25, 0.3) is 0 Å². The fourth-order valence-corrected chi connectivity index (χ4v) is 3.96. The molecule has 0 aliphatic carbocycles. The Bertz CT molecular complexity index is 1050. The van der Waals surface area contributed by atoms with Crippen molar-refractivity contribution in [2.75, 3.05) is 4.90 Å². The molecule has 0 fully saturated rings. The highest BCUT2D eigenvalue weighted by atomic mass is 35.5. The number of unbranched alkanes of at least 4 members (excludes halogenated alkanes) is 1. The summed E-state index contributed by atoms with van der Waals surface area (Å²) in [4.78, 5) is 37.8. The van der Waals surface area contributed by atoms with Gasteiger partial charge in [-0.25, -0.2) is 9.78 Å². The molecule has 0 spiro atoms. The van der Waals surface area contributed by atoms with Crippen LogP contribution in [0.3, 0.4) is 0 Å². The number of H-pyrrole nitrogens is 1. The minimum absolute atomic E-state index is 0.00401. The molecule has 2 atom stereocenters. The predicted molar refractivity (Wildman–Crippen MR) is 124 cm³/mol. The lowest BCUT2D eigenvalue weighted by molar-refractivity contribution is -0.139. The number of aromatic nitrogens is 3. The van der Waals surface area contributed by atoms with Crippen LogP contribution < -0.4 is 4.90 Å². The first-order chi connectivity index (χ1) is 15.4. The summed E-state index contributed by atoms with van der Waals surface area (Å²) in [7, 11) is 0. The van der Waals surface area contributed by atoms with Crippen molar-refractivity contribution >= 4 is 29.2 Å². The molecule has 0 radical (unpaired) electrons. The topological polar surface area (TPSA) is 99.2 Å². The van der Waals surface area contributed by atoms with Crippen LogP contribution in [0.15, 0.2) is 55.0 Å². The zero-order valence-corrected chi connectivity index (χ0v) is 18.9. The van der Waals surface area contributed by atoms with Gasteiger partial charge in [-0.3, -0.25) is 14.7 Å². The van der Waals surface area contributed by atoms with Crippen molar-refractivity contribution in [2.24, 2.45) is 0 Å². The van der Waals surface area contributed by atoms with E-state index in [1.807, 2.05) is 24.3 Å². The number of aliphatic carboxylic acids is 1. The number of nitrogens with one attached hydrogen (secondary N) is 1. The van der Waals surface area contributed by atoms with E-state index in [9.17, 15) is 14.7 Å². The first kappa shape index (κ1) is 23.5. The van der Waals surface area contributed by atoms with E-state index in [1.54, 1.807) is 18.3 Å². The smallest absolute Gasteiger partial charge is 0.326 e. The number of carboxylic acid groups (broad SMARTS) is 1. The number of hydrogen-bond acceptors (Lipinski definition) is 4. The summed E-state index contributed by atoms with van der Waals surface area (Å²) in [6.45, 7) is 3.62. The molecule has 0 saturated carbocycles. The van der Waals surface area contributed by atoms with Crippen molar-refractivity contribution in [1.82, 2.24) is 15.0 Å². The lowest BCUT2D eigenvalue weighted by Gasteiger charge is -2.26. The number of nitrogens with zero attached hydrogens (tertiary/aromatic N) is 3. The molecule has 0 bridgehead atoms. The Kier molecular flexibility index (Phi) is 8.00. The second-order valence-corrected chi connectivity index (χ2v) is 8.08. The molecule has 7 nitrogen and oxygen atoms in total. The van der Waals surface area contributed by atoms with Gasteiger partial charge in [-0.15, -0.1) is 0 Å². The van der Waals surface area contributed by atoms with Crippen LogP contribution >= 0.6 is 11.6 Å². The molecule has 1 aromatic carbocycles. The van der Waals surface area contributed by atoms with Crippen molar-refractivity contribution < 1.29 is 14.7 Å². The van der Waals surface area contributed by atoms with Crippen molar-refractivity contribution in [2.45, 2.75) is 51.5 Å². The number of pyridine rings is 1. The van der Waals surface area contributed by atoms with E-state index in [-0.39, 0.29) is 18.2 Å². The van der Waals surface area contributed by atoms with Crippen LogP contribution in [-0.2, 0) is 16.0 Å². The zero-order valence-electron chi connectivity index (χ0n) is 18.2. The summed E-state index contributed by atoms with van der Waals surface area (Å²) in [6, 6.07) is 9.92. The van der Waals surface area contributed by atoms with E-state index in [0.717, 1.165) is 30.7 Å². The minimum atomic E-state index is -1.08. The number of imidazole rings is 1. The Morgan fingerprint density at radius 2 is 1.91 bits per heavy atom. The van der Waals surface area contributed by atoms with Crippen molar-refractivity contribution in [3.05, 3.63) is 77.1 Å². The number of halogens is 1. The largest absolute Gasteiger partial charge is 0.480 e. The van der Waals surface area contributed by atoms with E-state index in [4.69, 9.17) is 11.6 Å². The summed E-state index contributed by atoms with van der Waals surface area (Å²) in [5.74, 6) is -0.694.